The second-order valence-electron chi connectivity index (χ2n) is 7.85. The first kappa shape index (κ1) is 19.8. The van der Waals surface area contributed by atoms with E-state index in [1.165, 1.54) is 0 Å². The molecule has 0 radical (unpaired) electrons. The monoisotopic (exact) mass is 458 g/mol. The summed E-state index contributed by atoms with van der Waals surface area (Å²) < 4.78 is 12.1. The number of nitrogens with one attached hydrogen (secondary N) is 1. The summed E-state index contributed by atoms with van der Waals surface area (Å²) in [6, 6.07) is 13.3. The maximum absolute atomic E-state index is 12.9. The number of carbonyl (C=O) groups excluding carboxylic acids is 2. The summed E-state index contributed by atoms with van der Waals surface area (Å²) in [5, 5.41) is 3.10. The molecule has 152 valence electrons. The Balaban J connectivity index is 1.46. The predicted molar refractivity (Wildman–Crippen MR) is 113 cm³/mol. The van der Waals surface area contributed by atoms with E-state index in [0.717, 1.165) is 15.7 Å². The van der Waals surface area contributed by atoms with Crippen molar-refractivity contribution in [1.29, 1.82) is 0 Å². The Morgan fingerprint density at radius 2 is 1.79 bits per heavy atom. The number of anilines is 1. The average molecular weight is 459 g/mol. The van der Waals surface area contributed by atoms with Gasteiger partial charge in [0.25, 0.3) is 0 Å². The highest BCUT2D eigenvalue weighted by molar-refractivity contribution is 9.10. The van der Waals surface area contributed by atoms with E-state index in [1.54, 1.807) is 17.0 Å². The van der Waals surface area contributed by atoms with E-state index in [9.17, 15) is 9.59 Å². The molecule has 0 saturated carbocycles. The smallest absolute Gasteiger partial charge is 0.227 e. The second kappa shape index (κ2) is 7.71. The van der Waals surface area contributed by atoms with Crippen molar-refractivity contribution in [1.82, 2.24) is 5.32 Å². The molecule has 2 heterocycles. The second-order valence-corrected chi connectivity index (χ2v) is 8.77. The number of hydrogen-bond acceptors (Lipinski definition) is 4. The molecule has 2 aromatic carbocycles. The molecule has 1 fully saturated rings. The number of benzene rings is 2. The van der Waals surface area contributed by atoms with Crippen LogP contribution in [0, 0.1) is 5.92 Å². The molecule has 29 heavy (non-hydrogen) atoms. The van der Waals surface area contributed by atoms with Crippen molar-refractivity contribution < 1.29 is 19.1 Å². The third-order valence-corrected chi connectivity index (χ3v) is 5.86. The third kappa shape index (κ3) is 4.10. The normalized spacial score (nSPS) is 18.7. The number of nitrogens with zero attached hydrogens (tertiary/aromatic N) is 1. The number of rotatable bonds is 4. The molecule has 7 heteroatoms. The average Bonchev–Trinajstić information content (AvgIpc) is 3.09. The highest BCUT2D eigenvalue weighted by Crippen LogP contribution is 2.36. The van der Waals surface area contributed by atoms with Crippen molar-refractivity contribution in [2.75, 3.05) is 24.7 Å². The summed E-state index contributed by atoms with van der Waals surface area (Å²) in [6.07, 6.45) is 0.191. The topological polar surface area (TPSA) is 67.9 Å². The van der Waals surface area contributed by atoms with Crippen LogP contribution in [0.4, 0.5) is 5.69 Å². The van der Waals surface area contributed by atoms with Gasteiger partial charge in [0, 0.05) is 29.2 Å². The fourth-order valence-corrected chi connectivity index (χ4v) is 3.95. The number of hydrogen-bond donors (Lipinski definition) is 1. The fourth-order valence-electron chi connectivity index (χ4n) is 3.68. The molecular formula is C22H23BrN2O4. The van der Waals surface area contributed by atoms with Crippen molar-refractivity contribution >= 4 is 33.4 Å². The Morgan fingerprint density at radius 3 is 2.52 bits per heavy atom. The SMILES string of the molecule is CC(C)(NC(=O)[C@H]1CC(=O)N(c2ccc3c(c2)OCCO3)C1)c1ccc(Br)cc1. The number of halogens is 1. The molecule has 1 atom stereocenters. The first-order valence-electron chi connectivity index (χ1n) is 9.61. The van der Waals surface area contributed by atoms with Crippen LogP contribution in [0.25, 0.3) is 0 Å². The minimum absolute atomic E-state index is 0.0664. The van der Waals surface area contributed by atoms with Crippen molar-refractivity contribution in [2.45, 2.75) is 25.8 Å². The summed E-state index contributed by atoms with van der Waals surface area (Å²) in [5.74, 6) is 0.725. The van der Waals surface area contributed by atoms with Crippen LogP contribution >= 0.6 is 15.9 Å². The summed E-state index contributed by atoms with van der Waals surface area (Å²) in [4.78, 5) is 27.2. The predicted octanol–water partition coefficient (Wildman–Crippen LogP) is 3.62. The lowest BCUT2D eigenvalue weighted by Gasteiger charge is -2.28. The summed E-state index contributed by atoms with van der Waals surface area (Å²) in [7, 11) is 0. The Bertz CT molecular complexity index is 942. The van der Waals surface area contributed by atoms with E-state index in [-0.39, 0.29) is 18.2 Å². The van der Waals surface area contributed by atoms with Gasteiger partial charge in [-0.3, -0.25) is 9.59 Å². The molecule has 6 nitrogen and oxygen atoms in total. The van der Waals surface area contributed by atoms with Gasteiger partial charge in [-0.15, -0.1) is 0 Å². The van der Waals surface area contributed by atoms with Gasteiger partial charge in [0.05, 0.1) is 11.5 Å². The highest BCUT2D eigenvalue weighted by atomic mass is 79.9. The molecule has 0 unspecified atom stereocenters. The minimum Gasteiger partial charge on any atom is -0.486 e. The van der Waals surface area contributed by atoms with E-state index in [4.69, 9.17) is 9.47 Å². The van der Waals surface area contributed by atoms with Crippen LogP contribution in [0.1, 0.15) is 25.8 Å². The van der Waals surface area contributed by atoms with Crippen LogP contribution in [0.3, 0.4) is 0 Å². The van der Waals surface area contributed by atoms with Gasteiger partial charge in [-0.1, -0.05) is 28.1 Å². The van der Waals surface area contributed by atoms with Gasteiger partial charge < -0.3 is 19.7 Å². The quantitative estimate of drug-likeness (QED) is 0.759. The van der Waals surface area contributed by atoms with Gasteiger partial charge in [0.2, 0.25) is 11.8 Å². The zero-order valence-electron chi connectivity index (χ0n) is 16.4. The lowest BCUT2D eigenvalue weighted by Crippen LogP contribution is -2.44. The van der Waals surface area contributed by atoms with Crippen LogP contribution in [-0.2, 0) is 15.1 Å². The van der Waals surface area contributed by atoms with E-state index in [1.807, 2.05) is 44.2 Å². The van der Waals surface area contributed by atoms with E-state index in [2.05, 4.69) is 21.2 Å². The van der Waals surface area contributed by atoms with Crippen molar-refractivity contribution in [3.63, 3.8) is 0 Å². The molecule has 2 aliphatic rings. The van der Waals surface area contributed by atoms with Crippen molar-refractivity contribution in [3.8, 4) is 11.5 Å². The van der Waals surface area contributed by atoms with Crippen LogP contribution in [0.5, 0.6) is 11.5 Å². The molecule has 1 saturated heterocycles. The molecule has 0 aliphatic carbocycles. The molecule has 0 aromatic heterocycles. The highest BCUT2D eigenvalue weighted by Gasteiger charge is 2.37. The summed E-state index contributed by atoms with van der Waals surface area (Å²) >= 11 is 3.43. The van der Waals surface area contributed by atoms with Crippen LogP contribution in [-0.4, -0.2) is 31.6 Å². The number of ether oxygens (including phenoxy) is 2. The fraction of sp³-hybridized carbons (Fsp3) is 0.364. The Hall–Kier alpha value is -2.54. The van der Waals surface area contributed by atoms with Gasteiger partial charge in [0.15, 0.2) is 11.5 Å². The molecule has 0 bridgehead atoms. The molecule has 2 aromatic rings. The maximum Gasteiger partial charge on any atom is 0.227 e. The summed E-state index contributed by atoms with van der Waals surface area (Å²) in [5.41, 5.74) is 1.19. The van der Waals surface area contributed by atoms with Crippen LogP contribution in [0.2, 0.25) is 0 Å². The molecule has 2 aliphatic heterocycles. The third-order valence-electron chi connectivity index (χ3n) is 5.33. The van der Waals surface area contributed by atoms with Crippen LogP contribution < -0.4 is 19.7 Å². The molecular weight excluding hydrogens is 436 g/mol. The van der Waals surface area contributed by atoms with E-state index in [0.29, 0.717) is 31.3 Å². The Kier molecular flexibility index (Phi) is 5.25. The van der Waals surface area contributed by atoms with E-state index >= 15 is 0 Å². The zero-order chi connectivity index (χ0) is 20.6. The number of carbonyl (C=O) groups is 2. The Morgan fingerprint density at radius 1 is 1.10 bits per heavy atom. The lowest BCUT2D eigenvalue weighted by molar-refractivity contribution is -0.127. The lowest BCUT2D eigenvalue weighted by atomic mass is 9.93. The largest absolute Gasteiger partial charge is 0.486 e. The van der Waals surface area contributed by atoms with Gasteiger partial charge in [-0.2, -0.15) is 0 Å². The van der Waals surface area contributed by atoms with Crippen molar-refractivity contribution in [3.05, 3.63) is 52.5 Å². The molecule has 0 spiro atoms. The molecule has 4 rings (SSSR count). The number of amides is 2. The standard InChI is InChI=1S/C22H23BrN2O4/c1-22(2,15-3-5-16(23)6-4-15)24-21(27)14-11-20(26)25(13-14)17-7-8-18-19(12-17)29-10-9-28-18/h3-8,12,14H,9-11,13H2,1-2H3,(H,24,27)/t14-/m0/s1. The van der Waals surface area contributed by atoms with Gasteiger partial charge in [-0.05, 0) is 43.7 Å². The Labute approximate surface area is 178 Å². The van der Waals surface area contributed by atoms with Crippen LogP contribution in [0.15, 0.2) is 46.9 Å². The van der Waals surface area contributed by atoms with Gasteiger partial charge in [-0.25, -0.2) is 0 Å². The number of fused-ring (bicyclic) bond motifs is 1. The zero-order valence-corrected chi connectivity index (χ0v) is 18.0. The molecule has 2 amide bonds. The van der Waals surface area contributed by atoms with Gasteiger partial charge >= 0.3 is 0 Å². The van der Waals surface area contributed by atoms with Crippen molar-refractivity contribution in [2.24, 2.45) is 5.92 Å². The first-order valence-corrected chi connectivity index (χ1v) is 10.4. The minimum atomic E-state index is -0.536. The summed E-state index contributed by atoms with van der Waals surface area (Å²) in [6.45, 7) is 5.28. The maximum atomic E-state index is 12.9. The first-order chi connectivity index (χ1) is 13.8. The molecule has 1 N–H and O–H groups in total. The van der Waals surface area contributed by atoms with E-state index < -0.39 is 11.5 Å². The van der Waals surface area contributed by atoms with Gasteiger partial charge in [0.1, 0.15) is 13.2 Å².